The van der Waals surface area contributed by atoms with Crippen molar-refractivity contribution in [3.8, 4) is 46.1 Å². The van der Waals surface area contributed by atoms with Gasteiger partial charge in [0.25, 0.3) is 11.8 Å². The van der Waals surface area contributed by atoms with E-state index in [1.165, 1.54) is 34.5 Å². The van der Waals surface area contributed by atoms with Crippen LogP contribution < -0.4 is 36.2 Å². The van der Waals surface area contributed by atoms with Gasteiger partial charge < -0.3 is 84.3 Å². The number of aromatic nitrogens is 4. The number of hydrogen-bond acceptors (Lipinski definition) is 25. The van der Waals surface area contributed by atoms with Crippen LogP contribution in [0.15, 0.2) is 173 Å². The number of hydrogen-bond donors (Lipinski definition) is 7. The first-order valence-corrected chi connectivity index (χ1v) is 32.8. The fourth-order valence-corrected chi connectivity index (χ4v) is 10.9. The number of aromatic carboxylic acids is 2. The molecule has 13 rings (SSSR count). The molecule has 0 aliphatic carbocycles. The second kappa shape index (κ2) is 42.4. The number of oxime groups is 1. The maximum Gasteiger partial charge on any atom is 1.00 e. The summed E-state index contributed by atoms with van der Waals surface area (Å²) >= 11 is 0. The average molecular weight is 1540 g/mol. The van der Waals surface area contributed by atoms with E-state index >= 15 is 0 Å². The number of benzene rings is 8. The summed E-state index contributed by atoms with van der Waals surface area (Å²) in [4.78, 5) is 79.1. The molecule has 0 aliphatic heterocycles. The summed E-state index contributed by atoms with van der Waals surface area (Å²) in [6.07, 6.45) is 0. The monoisotopic (exact) mass is 1540 g/mol. The van der Waals surface area contributed by atoms with Crippen LogP contribution in [-0.2, 0) is 18.9 Å². The zero-order valence-electron chi connectivity index (χ0n) is 64.1. The third kappa shape index (κ3) is 22.8. The Hall–Kier alpha value is -13.5. The molecular formula is C82H86LiN9O21. The van der Waals surface area contributed by atoms with Gasteiger partial charge in [-0.25, -0.2) is 39.5 Å². The van der Waals surface area contributed by atoms with Gasteiger partial charge in [0, 0.05) is 38.5 Å². The predicted octanol–water partition coefficient (Wildman–Crippen LogP) is 12.9. The summed E-state index contributed by atoms with van der Waals surface area (Å²) in [7, 11) is 5.37. The Balaban J connectivity index is 0.000000358. The largest absolute Gasteiger partial charge is 1.00 e. The molecule has 0 saturated heterocycles. The van der Waals surface area contributed by atoms with Crippen molar-refractivity contribution in [2.75, 3.05) is 34.2 Å². The van der Waals surface area contributed by atoms with E-state index in [4.69, 9.17) is 65.7 Å². The molecule has 0 saturated carbocycles. The Morgan fingerprint density at radius 1 is 0.442 bits per heavy atom. The van der Waals surface area contributed by atoms with Crippen molar-refractivity contribution in [3.63, 3.8) is 0 Å². The van der Waals surface area contributed by atoms with E-state index < -0.39 is 17.9 Å². The molecule has 30 nitrogen and oxygen atoms in total. The number of nitrogen functional groups attached to an aromatic ring is 1. The molecule has 113 heavy (non-hydrogen) atoms. The maximum atomic E-state index is 11.7. The van der Waals surface area contributed by atoms with Crippen LogP contribution in [0.5, 0.6) is 0 Å². The van der Waals surface area contributed by atoms with Gasteiger partial charge in [0.1, 0.15) is 16.7 Å². The maximum absolute atomic E-state index is 11.7. The Morgan fingerprint density at radius 3 is 1.12 bits per heavy atom. The van der Waals surface area contributed by atoms with Gasteiger partial charge in [0.15, 0.2) is 23.0 Å². The summed E-state index contributed by atoms with van der Waals surface area (Å²) in [6.45, 7) is 27.6. The van der Waals surface area contributed by atoms with Crippen molar-refractivity contribution in [1.29, 1.82) is 0 Å². The van der Waals surface area contributed by atoms with Gasteiger partial charge in [0.2, 0.25) is 17.4 Å². The van der Waals surface area contributed by atoms with E-state index in [-0.39, 0.29) is 78.2 Å². The Labute approximate surface area is 661 Å². The minimum Gasteiger partial charge on any atom is -0.870 e. The molecule has 8 aromatic carbocycles. The number of furan rings is 3. The molecular weight excluding hydrogens is 1450 g/mol. The minimum absolute atomic E-state index is 0. The molecule has 0 radical (unpaired) electrons. The molecule has 5 heterocycles. The smallest absolute Gasteiger partial charge is 0.870 e. The molecule has 0 atom stereocenters. The van der Waals surface area contributed by atoms with Crippen molar-refractivity contribution >= 4 is 85.9 Å². The van der Waals surface area contributed by atoms with Crippen LogP contribution in [0.4, 0.5) is 11.4 Å². The normalized spacial score (nSPS) is 10.1. The number of aryl methyl sites for hydroxylation is 11. The van der Waals surface area contributed by atoms with Gasteiger partial charge in [0.05, 0.1) is 62.8 Å². The average Bonchev–Trinajstić information content (AvgIpc) is 1.65. The standard InChI is InChI=1S/C21H18N2O4.C20H16N2O4.C11H10O3.C10H12N2O3.C10H9NO2.C9H11NO2.CH4.Li.H3NO.2H2O/c1-11-5-6-12(2)18-16(11)10-17(26-18)20-22-19(23-27-20)14-7-8-15(13(3)9-14)21(24)25-4;1-10-4-5-11(2)17-15(10)9-16(25-17)19-21-18(22-26-19)13-6-7-14(20(23)24)12(3)8-13;1-6-3-4-7(2)10-8(6)5-9(14-10)11(12)13;1-6-5-7(9(11)12-14)3-4-8(6)10(13)15-2;1-7-6-8(11-2)4-5-9(7)10(12)13-3;1-6-5-7(10)3-4-8(6)9(11)12-2;;;1-2;;/h5-10H,1-4H3;4-9H,1-3H3,(H,23,24);3-5H,1-2H3,(H,12,13);3-5,14H,1-2H3,(H2,11,12);4-6H,1,3H3;3-5H,10H2,1-2H3;1H4;;2H,1H2;2*1H2/q;;;;;;;+1;;;/p-1. The summed E-state index contributed by atoms with van der Waals surface area (Å²) in [5.41, 5.74) is 28.7. The van der Waals surface area contributed by atoms with Gasteiger partial charge in [-0.05, 0) is 210 Å². The summed E-state index contributed by atoms with van der Waals surface area (Å²) in [5.74, 6) is 2.50. The summed E-state index contributed by atoms with van der Waals surface area (Å²) in [6, 6.07) is 42.4. The third-order valence-corrected chi connectivity index (χ3v) is 16.8. The number of carboxylic acid groups (broad SMARTS) is 2. The zero-order valence-corrected chi connectivity index (χ0v) is 64.1. The van der Waals surface area contributed by atoms with E-state index in [2.05, 4.69) is 56.5 Å². The van der Waals surface area contributed by atoms with E-state index in [0.717, 1.165) is 83.0 Å². The number of carboxylic acids is 2. The van der Waals surface area contributed by atoms with E-state index in [0.29, 0.717) is 90.5 Å². The number of carbonyl (C=O) groups is 6. The van der Waals surface area contributed by atoms with E-state index in [9.17, 15) is 28.8 Å². The second-order valence-electron chi connectivity index (χ2n) is 24.3. The minimum atomic E-state index is -1.03. The quantitative estimate of drug-likeness (QED) is 0.00728. The Morgan fingerprint density at radius 2 is 0.788 bits per heavy atom. The number of rotatable bonds is 11. The number of amidine groups is 1. The number of nitrogens with zero attached hydrogens (tertiary/aromatic N) is 6. The third-order valence-electron chi connectivity index (χ3n) is 16.8. The molecule has 31 heteroatoms. The van der Waals surface area contributed by atoms with Gasteiger partial charge >= 0.3 is 54.7 Å². The van der Waals surface area contributed by atoms with Gasteiger partial charge in [-0.2, -0.15) is 9.97 Å². The molecule has 0 aliphatic rings. The molecule has 0 bridgehead atoms. The Bertz CT molecular complexity index is 5510. The number of methoxy groups -OCH3 is 4. The van der Waals surface area contributed by atoms with Crippen LogP contribution >= 0.6 is 0 Å². The second-order valence-corrected chi connectivity index (χ2v) is 24.3. The van der Waals surface area contributed by atoms with Crippen LogP contribution in [0.1, 0.15) is 137 Å². The SMILES string of the molecule is C.COC(=O)c1ccc(-c2noc(-c3cc4c(C)ccc(C)c4o3)n2)cc1C.COC(=O)c1ccc(/C(N)=N\O)cc1C.COC(=O)c1ccc(N)cc1C.Cc1cc(-c2noc(-c3cc4c(C)ccc(C)c4o3)n2)ccc1C(=O)O.Cc1ccc(C)c2oc(C(=O)O)cc12.NO.O.[C-]#[N+]c1ccc(C(=O)OC)c(C)c1.[Li+].[OH-]. The van der Waals surface area contributed by atoms with Gasteiger partial charge in [-0.1, -0.05) is 95.7 Å². The first kappa shape index (κ1) is 93.7. The van der Waals surface area contributed by atoms with Crippen molar-refractivity contribution in [1.82, 2.24) is 20.3 Å². The molecule has 0 unspecified atom stereocenters. The molecule has 0 fully saturated rings. The van der Waals surface area contributed by atoms with Crippen LogP contribution in [0, 0.1) is 82.7 Å². The number of esters is 4. The van der Waals surface area contributed by atoms with Crippen LogP contribution in [-0.4, -0.2) is 122 Å². The number of carbonyl (C=O) groups excluding carboxylic acids is 4. The van der Waals surface area contributed by atoms with Gasteiger partial charge in [-0.15, -0.1) is 0 Å². The van der Waals surface area contributed by atoms with E-state index in [1.807, 2.05) is 104 Å². The molecule has 0 amide bonds. The van der Waals surface area contributed by atoms with Gasteiger partial charge in [-0.3, -0.25) is 0 Å². The Kier molecular flexibility index (Phi) is 35.2. The van der Waals surface area contributed by atoms with Crippen LogP contribution in [0.3, 0.4) is 0 Å². The van der Waals surface area contributed by atoms with Crippen molar-refractivity contribution in [2.45, 2.75) is 83.6 Å². The zero-order chi connectivity index (χ0) is 80.2. The topological polar surface area (TPSA) is 494 Å². The number of anilines is 1. The molecule has 13 N–H and O–H groups in total. The molecule has 586 valence electrons. The fraction of sp³-hybridized carbons (Fsp3) is 0.195. The summed E-state index contributed by atoms with van der Waals surface area (Å²) < 4.78 is 46.4. The summed E-state index contributed by atoms with van der Waals surface area (Å²) in [5, 5.41) is 46.7. The van der Waals surface area contributed by atoms with Crippen molar-refractivity contribution in [2.24, 2.45) is 16.8 Å². The van der Waals surface area contributed by atoms with Crippen LogP contribution in [0.25, 0.3) is 83.8 Å². The first-order valence-electron chi connectivity index (χ1n) is 32.8. The molecule has 5 aromatic heterocycles. The van der Waals surface area contributed by atoms with Crippen molar-refractivity contribution in [3.05, 3.63) is 257 Å². The molecule has 0 spiro atoms. The number of ether oxygens (including phenoxy) is 4. The van der Waals surface area contributed by atoms with E-state index in [1.54, 1.807) is 106 Å². The first-order chi connectivity index (χ1) is 51.9. The number of nitrogens with two attached hydrogens (primary N) is 3. The molecule has 13 aromatic rings. The number of fused-ring (bicyclic) bond motifs is 3. The van der Waals surface area contributed by atoms with Crippen molar-refractivity contribution < 1.29 is 120 Å². The predicted molar refractivity (Wildman–Crippen MR) is 418 cm³/mol. The van der Waals surface area contributed by atoms with Crippen LogP contribution in [0.2, 0.25) is 0 Å². The fourth-order valence-electron chi connectivity index (χ4n) is 10.9.